The highest BCUT2D eigenvalue weighted by atomic mass is 19.4. The summed E-state index contributed by atoms with van der Waals surface area (Å²) < 4.78 is 52.6. The summed E-state index contributed by atoms with van der Waals surface area (Å²) in [4.78, 5) is 25.1. The molecule has 3 aromatic rings. The molecule has 0 radical (unpaired) electrons. The number of hydrogen-bond acceptors (Lipinski definition) is 5. The number of rotatable bonds is 9. The topological polar surface area (TPSA) is 99.4 Å². The number of ether oxygens (including phenoxy) is 2. The van der Waals surface area contributed by atoms with E-state index in [2.05, 4.69) is 15.7 Å². The van der Waals surface area contributed by atoms with Crippen LogP contribution in [0.15, 0.2) is 47.3 Å². The number of carbonyl (C=O) groups is 1. The molecule has 1 fully saturated rings. The fraction of sp³-hybridized carbons (Fsp3) is 0.375. The molecule has 2 aromatic carbocycles. The average Bonchev–Trinajstić information content (AvgIpc) is 3.65. The monoisotopic (exact) mass is 505 g/mol. The summed E-state index contributed by atoms with van der Waals surface area (Å²) in [7, 11) is 3.05. The molecule has 4 rings (SSSR count). The quantitative estimate of drug-likeness (QED) is 0.463. The van der Waals surface area contributed by atoms with Gasteiger partial charge in [0, 0.05) is 24.7 Å². The van der Waals surface area contributed by atoms with Crippen LogP contribution in [0.1, 0.15) is 30.0 Å². The zero-order valence-corrected chi connectivity index (χ0v) is 19.8. The van der Waals surface area contributed by atoms with Crippen LogP contribution in [0.4, 0.5) is 18.0 Å². The lowest BCUT2D eigenvalue weighted by molar-refractivity contribution is -0.137. The van der Waals surface area contributed by atoms with Gasteiger partial charge < -0.3 is 20.1 Å². The van der Waals surface area contributed by atoms with E-state index in [1.165, 1.54) is 35.6 Å². The van der Waals surface area contributed by atoms with E-state index in [1.807, 2.05) is 0 Å². The molecule has 9 nitrogen and oxygen atoms in total. The first-order chi connectivity index (χ1) is 17.2. The van der Waals surface area contributed by atoms with Crippen molar-refractivity contribution in [1.29, 1.82) is 0 Å². The van der Waals surface area contributed by atoms with Crippen molar-refractivity contribution in [1.82, 2.24) is 25.0 Å². The van der Waals surface area contributed by atoms with Gasteiger partial charge in [0.1, 0.15) is 0 Å². The standard InChI is InChI=1S/C24H26F3N5O4/c1-35-19-9-6-15(12-20(19)36-2)14-29-22(33)28-10-11-31-23(34)32(18-7-8-18)21(30-31)16-4-3-5-17(13-16)24(25,26)27/h3-6,9,12-13,18H,7-8,10-11,14H2,1-2H3,(H2,28,29,33). The predicted octanol–water partition coefficient (Wildman–Crippen LogP) is 3.58. The van der Waals surface area contributed by atoms with Crippen LogP contribution in [-0.2, 0) is 19.3 Å². The zero-order chi connectivity index (χ0) is 25.9. The molecule has 36 heavy (non-hydrogen) atoms. The number of methoxy groups -OCH3 is 2. The van der Waals surface area contributed by atoms with E-state index >= 15 is 0 Å². The second kappa shape index (κ2) is 10.3. The minimum Gasteiger partial charge on any atom is -0.493 e. The molecule has 0 bridgehead atoms. The molecule has 2 amide bonds. The number of alkyl halides is 3. The summed E-state index contributed by atoms with van der Waals surface area (Å²) in [5, 5.41) is 9.66. The third-order valence-electron chi connectivity index (χ3n) is 5.74. The Bertz CT molecular complexity index is 1300. The lowest BCUT2D eigenvalue weighted by Gasteiger charge is -2.11. The normalized spacial score (nSPS) is 13.4. The molecule has 12 heteroatoms. The maximum atomic E-state index is 13.2. The average molecular weight is 505 g/mol. The smallest absolute Gasteiger partial charge is 0.416 e. The second-order valence-corrected chi connectivity index (χ2v) is 8.31. The van der Waals surface area contributed by atoms with Crippen molar-refractivity contribution < 1.29 is 27.4 Å². The van der Waals surface area contributed by atoms with Gasteiger partial charge in [-0.1, -0.05) is 18.2 Å². The molecular formula is C24H26F3N5O4. The molecule has 2 N–H and O–H groups in total. The SMILES string of the molecule is COc1ccc(CNC(=O)NCCn2nc(-c3cccc(C(F)(F)F)c3)n(C3CC3)c2=O)cc1OC. The third kappa shape index (κ3) is 5.64. The first-order valence-electron chi connectivity index (χ1n) is 11.3. The van der Waals surface area contributed by atoms with Crippen LogP contribution in [0.3, 0.4) is 0 Å². The summed E-state index contributed by atoms with van der Waals surface area (Å²) >= 11 is 0. The number of aromatic nitrogens is 3. The van der Waals surface area contributed by atoms with Crippen LogP contribution >= 0.6 is 0 Å². The fourth-order valence-corrected chi connectivity index (χ4v) is 3.77. The van der Waals surface area contributed by atoms with Crippen molar-refractivity contribution in [3.8, 4) is 22.9 Å². The van der Waals surface area contributed by atoms with Crippen molar-refractivity contribution in [3.05, 3.63) is 64.1 Å². The Morgan fingerprint density at radius 1 is 1.08 bits per heavy atom. The molecule has 0 unspecified atom stereocenters. The maximum Gasteiger partial charge on any atom is 0.416 e. The second-order valence-electron chi connectivity index (χ2n) is 8.31. The Labute approximate surface area is 204 Å². The van der Waals surface area contributed by atoms with Crippen LogP contribution < -0.4 is 25.8 Å². The van der Waals surface area contributed by atoms with Gasteiger partial charge in [-0.05, 0) is 42.7 Å². The number of benzene rings is 2. The molecule has 0 saturated heterocycles. The van der Waals surface area contributed by atoms with Gasteiger partial charge in [-0.25, -0.2) is 14.3 Å². The summed E-state index contributed by atoms with van der Waals surface area (Å²) in [6.45, 7) is 0.401. The van der Waals surface area contributed by atoms with Gasteiger partial charge in [0.15, 0.2) is 17.3 Å². The van der Waals surface area contributed by atoms with Crippen LogP contribution in [-0.4, -0.2) is 41.1 Å². The van der Waals surface area contributed by atoms with E-state index in [1.54, 1.807) is 18.2 Å². The molecule has 1 aliphatic carbocycles. The third-order valence-corrected chi connectivity index (χ3v) is 5.74. The number of nitrogens with one attached hydrogen (secondary N) is 2. The molecule has 0 atom stereocenters. The molecule has 1 aliphatic rings. The minimum atomic E-state index is -4.50. The number of hydrogen-bond donors (Lipinski definition) is 2. The Hall–Kier alpha value is -3.96. The number of amides is 2. The van der Waals surface area contributed by atoms with Gasteiger partial charge >= 0.3 is 17.9 Å². The number of nitrogens with zero attached hydrogens (tertiary/aromatic N) is 3. The summed E-state index contributed by atoms with van der Waals surface area (Å²) in [6.07, 6.45) is -2.99. The van der Waals surface area contributed by atoms with E-state index in [0.29, 0.717) is 11.5 Å². The van der Waals surface area contributed by atoms with Crippen molar-refractivity contribution in [2.24, 2.45) is 0 Å². The maximum absolute atomic E-state index is 13.2. The predicted molar refractivity (Wildman–Crippen MR) is 125 cm³/mol. The molecular weight excluding hydrogens is 479 g/mol. The summed E-state index contributed by atoms with van der Waals surface area (Å²) in [6, 6.07) is 9.50. The molecule has 0 aliphatic heterocycles. The number of carbonyl (C=O) groups excluding carboxylic acids is 1. The van der Waals surface area contributed by atoms with Crippen molar-refractivity contribution in [2.45, 2.75) is 38.1 Å². The van der Waals surface area contributed by atoms with E-state index in [9.17, 15) is 22.8 Å². The minimum absolute atomic E-state index is 0.0638. The van der Waals surface area contributed by atoms with Gasteiger partial charge in [0.25, 0.3) is 0 Å². The van der Waals surface area contributed by atoms with E-state index in [0.717, 1.165) is 30.5 Å². The fourth-order valence-electron chi connectivity index (χ4n) is 3.77. The lowest BCUT2D eigenvalue weighted by atomic mass is 10.1. The van der Waals surface area contributed by atoms with Crippen LogP contribution in [0, 0.1) is 0 Å². The largest absolute Gasteiger partial charge is 0.493 e. The number of urea groups is 1. The van der Waals surface area contributed by atoms with Crippen molar-refractivity contribution in [3.63, 3.8) is 0 Å². The van der Waals surface area contributed by atoms with Gasteiger partial charge in [0.2, 0.25) is 0 Å². The molecule has 1 saturated carbocycles. The van der Waals surface area contributed by atoms with Gasteiger partial charge in [0.05, 0.1) is 26.3 Å². The van der Waals surface area contributed by atoms with Gasteiger partial charge in [-0.3, -0.25) is 4.57 Å². The highest BCUT2D eigenvalue weighted by Crippen LogP contribution is 2.37. The van der Waals surface area contributed by atoms with Gasteiger partial charge in [-0.15, -0.1) is 5.10 Å². The van der Waals surface area contributed by atoms with E-state index in [4.69, 9.17) is 9.47 Å². The van der Waals surface area contributed by atoms with Crippen LogP contribution in [0.5, 0.6) is 11.5 Å². The molecule has 1 aromatic heterocycles. The number of halogens is 3. The highest BCUT2D eigenvalue weighted by molar-refractivity contribution is 5.73. The van der Waals surface area contributed by atoms with E-state index < -0.39 is 23.5 Å². The Kier molecular flexibility index (Phi) is 7.22. The first kappa shape index (κ1) is 25.1. The zero-order valence-electron chi connectivity index (χ0n) is 19.8. The van der Waals surface area contributed by atoms with Gasteiger partial charge in [-0.2, -0.15) is 13.2 Å². The Morgan fingerprint density at radius 3 is 2.50 bits per heavy atom. The lowest BCUT2D eigenvalue weighted by Crippen LogP contribution is -2.38. The molecule has 1 heterocycles. The Morgan fingerprint density at radius 2 is 1.83 bits per heavy atom. The summed E-state index contributed by atoms with van der Waals surface area (Å²) in [5.74, 6) is 1.30. The molecule has 192 valence electrons. The highest BCUT2D eigenvalue weighted by Gasteiger charge is 2.33. The Balaban J connectivity index is 1.39. The first-order valence-corrected chi connectivity index (χ1v) is 11.3. The van der Waals surface area contributed by atoms with E-state index in [-0.39, 0.29) is 37.1 Å². The van der Waals surface area contributed by atoms with Crippen molar-refractivity contribution in [2.75, 3.05) is 20.8 Å². The van der Waals surface area contributed by atoms with Crippen LogP contribution in [0.25, 0.3) is 11.4 Å². The molecule has 0 spiro atoms. The summed E-state index contributed by atoms with van der Waals surface area (Å²) in [5.41, 5.74) is -0.212. The van der Waals surface area contributed by atoms with Crippen LogP contribution in [0.2, 0.25) is 0 Å². The van der Waals surface area contributed by atoms with Crippen molar-refractivity contribution >= 4 is 6.03 Å².